The average molecular weight is 294 g/mol. The first-order valence-electron chi connectivity index (χ1n) is 7.67. The molecule has 1 aromatic rings. The third-order valence-corrected chi connectivity index (χ3v) is 5.51. The van der Waals surface area contributed by atoms with Crippen molar-refractivity contribution in [2.24, 2.45) is 17.8 Å². The molecule has 0 aromatic heterocycles. The number of nitrogen functional groups attached to an aromatic ring is 1. The van der Waals surface area contributed by atoms with Gasteiger partial charge in [0.1, 0.15) is 11.4 Å². The van der Waals surface area contributed by atoms with Gasteiger partial charge in [-0.15, -0.1) is 12.4 Å². The summed E-state index contributed by atoms with van der Waals surface area (Å²) in [5.41, 5.74) is 7.99. The molecule has 0 aliphatic heterocycles. The van der Waals surface area contributed by atoms with Gasteiger partial charge in [-0.25, -0.2) is 0 Å². The van der Waals surface area contributed by atoms with Crippen LogP contribution in [0.25, 0.3) is 0 Å². The minimum absolute atomic E-state index is 0. The summed E-state index contributed by atoms with van der Waals surface area (Å²) in [7, 11) is 0. The summed E-state index contributed by atoms with van der Waals surface area (Å²) in [6.07, 6.45) is 8.23. The molecule has 3 heteroatoms. The molecule has 2 N–H and O–H groups in total. The van der Waals surface area contributed by atoms with Crippen LogP contribution in [0.1, 0.15) is 44.1 Å². The molecular weight excluding hydrogens is 270 g/mol. The van der Waals surface area contributed by atoms with E-state index in [1.165, 1.54) is 44.1 Å². The molecule has 0 unspecified atom stereocenters. The van der Waals surface area contributed by atoms with Gasteiger partial charge in [-0.1, -0.05) is 0 Å². The van der Waals surface area contributed by atoms with Crippen LogP contribution in [0.15, 0.2) is 18.2 Å². The molecule has 0 heterocycles. The lowest BCUT2D eigenvalue weighted by atomic mass is 9.54. The summed E-state index contributed by atoms with van der Waals surface area (Å²) in [6.45, 7) is 2.10. The Hall–Kier alpha value is -0.890. The third kappa shape index (κ3) is 2.28. The molecular formula is C17H24ClNO. The van der Waals surface area contributed by atoms with Crippen molar-refractivity contribution in [1.82, 2.24) is 0 Å². The summed E-state index contributed by atoms with van der Waals surface area (Å²) in [4.78, 5) is 0. The predicted octanol–water partition coefficient (Wildman–Crippen LogP) is 4.35. The molecule has 2 nitrogen and oxygen atoms in total. The fourth-order valence-electron chi connectivity index (χ4n) is 5.18. The van der Waals surface area contributed by atoms with Crippen LogP contribution < -0.4 is 10.5 Å². The number of anilines is 1. The maximum atomic E-state index is 6.54. The van der Waals surface area contributed by atoms with Crippen molar-refractivity contribution < 1.29 is 4.74 Å². The second-order valence-electron chi connectivity index (χ2n) is 7.23. The Morgan fingerprint density at radius 2 is 1.60 bits per heavy atom. The van der Waals surface area contributed by atoms with Crippen LogP contribution >= 0.6 is 12.4 Å². The van der Waals surface area contributed by atoms with E-state index in [0.29, 0.717) is 0 Å². The number of rotatable bonds is 2. The molecule has 0 radical (unpaired) electrons. The minimum atomic E-state index is 0. The lowest BCUT2D eigenvalue weighted by molar-refractivity contribution is -0.107. The Kier molecular flexibility index (Phi) is 3.40. The van der Waals surface area contributed by atoms with Gasteiger partial charge in [0.15, 0.2) is 0 Å². The van der Waals surface area contributed by atoms with Crippen molar-refractivity contribution in [1.29, 1.82) is 0 Å². The van der Waals surface area contributed by atoms with Crippen LogP contribution in [0.5, 0.6) is 5.75 Å². The zero-order chi connectivity index (χ0) is 13.0. The summed E-state index contributed by atoms with van der Waals surface area (Å²) < 4.78 is 6.54. The van der Waals surface area contributed by atoms with Gasteiger partial charge in [-0.3, -0.25) is 0 Å². The smallest absolute Gasteiger partial charge is 0.123 e. The van der Waals surface area contributed by atoms with E-state index in [1.54, 1.807) is 0 Å². The van der Waals surface area contributed by atoms with E-state index >= 15 is 0 Å². The van der Waals surface area contributed by atoms with E-state index in [-0.39, 0.29) is 18.0 Å². The fourth-order valence-corrected chi connectivity index (χ4v) is 5.18. The second kappa shape index (κ2) is 4.84. The summed E-state index contributed by atoms with van der Waals surface area (Å²) >= 11 is 0. The highest BCUT2D eigenvalue weighted by Gasteiger charge is 2.52. The molecule has 1 aromatic carbocycles. The number of ether oxygens (including phenoxy) is 1. The van der Waals surface area contributed by atoms with Crippen molar-refractivity contribution in [2.75, 3.05) is 5.73 Å². The van der Waals surface area contributed by atoms with Gasteiger partial charge in [-0.05, 0) is 87.0 Å². The maximum absolute atomic E-state index is 6.54. The molecule has 0 atom stereocenters. The molecule has 4 aliphatic rings. The van der Waals surface area contributed by atoms with E-state index in [4.69, 9.17) is 10.5 Å². The normalized spacial score (nSPS) is 37.5. The number of hydrogen-bond donors (Lipinski definition) is 1. The standard InChI is InChI=1S/C17H23NO.ClH/c1-11-4-15(18)2-3-16(11)19-17-8-12-5-13(9-17)7-14(6-12)10-17;/h2-4,12-14H,5-10,18H2,1H3;1H. The Morgan fingerprint density at radius 3 is 2.10 bits per heavy atom. The molecule has 4 bridgehead atoms. The van der Waals surface area contributed by atoms with Crippen LogP contribution in [0.4, 0.5) is 5.69 Å². The Labute approximate surface area is 127 Å². The molecule has 5 rings (SSSR count). The van der Waals surface area contributed by atoms with Crippen LogP contribution in [0.2, 0.25) is 0 Å². The van der Waals surface area contributed by atoms with E-state index < -0.39 is 0 Å². The monoisotopic (exact) mass is 293 g/mol. The average Bonchev–Trinajstić information content (AvgIpc) is 2.31. The minimum Gasteiger partial charge on any atom is -0.487 e. The number of benzene rings is 1. The zero-order valence-electron chi connectivity index (χ0n) is 12.1. The summed E-state index contributed by atoms with van der Waals surface area (Å²) in [5, 5.41) is 0. The van der Waals surface area contributed by atoms with Crippen LogP contribution in [0.3, 0.4) is 0 Å². The van der Waals surface area contributed by atoms with Crippen molar-refractivity contribution >= 4 is 18.1 Å². The van der Waals surface area contributed by atoms with Crippen LogP contribution in [0, 0.1) is 24.7 Å². The van der Waals surface area contributed by atoms with E-state index in [2.05, 4.69) is 13.0 Å². The van der Waals surface area contributed by atoms with Gasteiger partial charge in [-0.2, -0.15) is 0 Å². The van der Waals surface area contributed by atoms with E-state index in [1.807, 2.05) is 12.1 Å². The molecule has 0 saturated heterocycles. The molecule has 4 fully saturated rings. The van der Waals surface area contributed by atoms with Crippen LogP contribution in [-0.2, 0) is 0 Å². The molecule has 0 spiro atoms. The molecule has 20 heavy (non-hydrogen) atoms. The number of nitrogens with two attached hydrogens (primary N) is 1. The maximum Gasteiger partial charge on any atom is 0.123 e. The van der Waals surface area contributed by atoms with Gasteiger partial charge in [0.25, 0.3) is 0 Å². The SMILES string of the molecule is Cc1cc(N)ccc1OC12CC3CC(CC(C3)C1)C2.Cl. The third-order valence-electron chi connectivity index (χ3n) is 5.51. The number of hydrogen-bond acceptors (Lipinski definition) is 2. The van der Waals surface area contributed by atoms with Gasteiger partial charge >= 0.3 is 0 Å². The van der Waals surface area contributed by atoms with E-state index in [9.17, 15) is 0 Å². The largest absolute Gasteiger partial charge is 0.487 e. The highest BCUT2D eigenvalue weighted by Crippen LogP contribution is 2.57. The molecule has 0 amide bonds. The van der Waals surface area contributed by atoms with Crippen molar-refractivity contribution in [3.8, 4) is 5.75 Å². The Morgan fingerprint density at radius 1 is 1.05 bits per heavy atom. The molecule has 4 saturated carbocycles. The van der Waals surface area contributed by atoms with Gasteiger partial charge in [0.05, 0.1) is 0 Å². The fraction of sp³-hybridized carbons (Fsp3) is 0.647. The zero-order valence-corrected chi connectivity index (χ0v) is 12.9. The Bertz CT molecular complexity index is 478. The first kappa shape index (κ1) is 14.1. The topological polar surface area (TPSA) is 35.2 Å². The van der Waals surface area contributed by atoms with Crippen LogP contribution in [-0.4, -0.2) is 5.60 Å². The second-order valence-corrected chi connectivity index (χ2v) is 7.23. The predicted molar refractivity (Wildman–Crippen MR) is 84.4 cm³/mol. The molecule has 110 valence electrons. The first-order chi connectivity index (χ1) is 9.12. The van der Waals surface area contributed by atoms with E-state index in [0.717, 1.165) is 29.2 Å². The summed E-state index contributed by atoms with van der Waals surface area (Å²) in [6, 6.07) is 6.04. The van der Waals surface area contributed by atoms with Gasteiger partial charge in [0.2, 0.25) is 0 Å². The summed E-state index contributed by atoms with van der Waals surface area (Å²) in [5.74, 6) is 3.84. The highest BCUT2D eigenvalue weighted by atomic mass is 35.5. The quantitative estimate of drug-likeness (QED) is 0.823. The number of halogens is 1. The lowest BCUT2D eigenvalue weighted by Crippen LogP contribution is -2.53. The van der Waals surface area contributed by atoms with Crippen molar-refractivity contribution in [3.63, 3.8) is 0 Å². The van der Waals surface area contributed by atoms with Gasteiger partial charge in [0, 0.05) is 5.69 Å². The van der Waals surface area contributed by atoms with Crippen molar-refractivity contribution in [2.45, 2.75) is 51.0 Å². The Balaban J connectivity index is 0.00000121. The van der Waals surface area contributed by atoms with Gasteiger partial charge < -0.3 is 10.5 Å². The molecule has 4 aliphatic carbocycles. The lowest BCUT2D eigenvalue weighted by Gasteiger charge is -2.56. The van der Waals surface area contributed by atoms with Crippen molar-refractivity contribution in [3.05, 3.63) is 23.8 Å². The highest BCUT2D eigenvalue weighted by molar-refractivity contribution is 5.85. The number of aryl methyl sites for hydroxylation is 1. The first-order valence-corrected chi connectivity index (χ1v) is 7.67.